The van der Waals surface area contributed by atoms with Crippen molar-refractivity contribution in [3.05, 3.63) is 58.2 Å². The highest BCUT2D eigenvalue weighted by Gasteiger charge is 2.37. The third-order valence-corrected chi connectivity index (χ3v) is 11.5. The number of aryl methyl sites for hydroxylation is 1. The first kappa shape index (κ1) is 43.6. The first-order valence-electron chi connectivity index (χ1n) is 18.2. The Balaban J connectivity index is 0.00000217. The minimum absolute atomic E-state index is 0. The molecule has 7 rings (SSSR count). The highest BCUT2D eigenvalue weighted by atomic mass is 32.1. The number of benzene rings is 1. The molecular weight excluding hydrogens is 761 g/mol. The molecule has 3 aliphatic rings. The number of hydrogen-bond acceptors (Lipinski definition) is 9. The van der Waals surface area contributed by atoms with Crippen molar-refractivity contribution in [1.82, 2.24) is 30.3 Å². The van der Waals surface area contributed by atoms with Gasteiger partial charge >= 0.3 is 5.97 Å². The fourth-order valence-corrected chi connectivity index (χ4v) is 8.37. The molecule has 1 saturated carbocycles. The molecule has 3 atom stereocenters. The summed E-state index contributed by atoms with van der Waals surface area (Å²) in [5, 5.41) is 8.43. The van der Waals surface area contributed by atoms with Gasteiger partial charge in [-0.3, -0.25) is 24.4 Å². The number of pyridine rings is 1. The van der Waals surface area contributed by atoms with E-state index in [1.165, 1.54) is 16.3 Å². The van der Waals surface area contributed by atoms with Crippen molar-refractivity contribution in [3.63, 3.8) is 0 Å². The van der Waals surface area contributed by atoms with Crippen LogP contribution in [-0.4, -0.2) is 69.7 Å². The van der Waals surface area contributed by atoms with Crippen molar-refractivity contribution in [1.29, 1.82) is 0 Å². The van der Waals surface area contributed by atoms with Crippen LogP contribution in [0.25, 0.3) is 33.4 Å². The van der Waals surface area contributed by atoms with Crippen molar-refractivity contribution in [2.24, 2.45) is 11.3 Å². The zero-order valence-corrected chi connectivity index (χ0v) is 35.5. The standard InChI is InChI=1S/C39H48N6O5S.3H2S/c1-6-44-32-15-14-25-18-27(32)28(35(44)26-12-8-16-40-34(26)23(2)49-5)20-39(3,4)22-50-38(48)29-13-9-17-45(43-29)37(47)30(19-33-41-31(25)21-51-33)42-36(46)24-10-7-11-24;;;/h8,12,14-16,18,21,23-24,29-30,43H,6-7,9-11,13,17,19-20,22H2,1-5H3,(H,42,46);3*1H2/t23-,29-,30-;;;/m0.../s1. The number of methoxy groups -OCH3 is 1. The number of carbonyl (C=O) groups is 3. The first-order chi connectivity index (χ1) is 24.6. The number of hydrazine groups is 1. The number of nitrogens with zero attached hydrogens (tertiary/aromatic N) is 4. The van der Waals surface area contributed by atoms with E-state index in [1.54, 1.807) is 13.3 Å². The van der Waals surface area contributed by atoms with Gasteiger partial charge in [0.15, 0.2) is 0 Å². The minimum atomic E-state index is -0.810. The predicted octanol–water partition coefficient (Wildman–Crippen LogP) is 6.34. The number of esters is 1. The van der Waals surface area contributed by atoms with Gasteiger partial charge in [-0.1, -0.05) is 26.3 Å². The number of cyclic esters (lactones) is 1. The van der Waals surface area contributed by atoms with Crippen LogP contribution in [0.5, 0.6) is 0 Å². The highest BCUT2D eigenvalue weighted by Crippen LogP contribution is 2.42. The van der Waals surface area contributed by atoms with E-state index in [-0.39, 0.29) is 83.3 Å². The maximum absolute atomic E-state index is 14.0. The number of carbonyl (C=O) groups excluding carboxylic acids is 3. The van der Waals surface area contributed by atoms with Crippen LogP contribution < -0.4 is 10.7 Å². The molecule has 11 nitrogen and oxygen atoms in total. The van der Waals surface area contributed by atoms with Crippen LogP contribution in [0.15, 0.2) is 41.9 Å². The molecule has 2 aliphatic heterocycles. The Bertz CT molecular complexity index is 1960. The van der Waals surface area contributed by atoms with Crippen LogP contribution in [0.3, 0.4) is 0 Å². The summed E-state index contributed by atoms with van der Waals surface area (Å²) >= 11 is 1.49. The lowest BCUT2D eigenvalue weighted by Gasteiger charge is -2.36. The van der Waals surface area contributed by atoms with Crippen LogP contribution in [0.2, 0.25) is 0 Å². The minimum Gasteiger partial charge on any atom is -0.464 e. The van der Waals surface area contributed by atoms with Gasteiger partial charge in [0, 0.05) is 71.6 Å². The van der Waals surface area contributed by atoms with Gasteiger partial charge in [-0.15, -0.1) is 11.3 Å². The van der Waals surface area contributed by atoms with Gasteiger partial charge < -0.3 is 19.4 Å². The van der Waals surface area contributed by atoms with E-state index in [0.717, 1.165) is 75.5 Å². The highest BCUT2D eigenvalue weighted by molar-refractivity contribution is 7.59. The second kappa shape index (κ2) is 18.2. The second-order valence-electron chi connectivity index (χ2n) is 14.9. The van der Waals surface area contributed by atoms with E-state index in [2.05, 4.69) is 60.3 Å². The van der Waals surface area contributed by atoms with Gasteiger partial charge in [0.05, 0.1) is 34.8 Å². The zero-order chi connectivity index (χ0) is 35.9. The maximum atomic E-state index is 14.0. The molecule has 0 unspecified atom stereocenters. The van der Waals surface area contributed by atoms with Crippen LogP contribution in [-0.2, 0) is 43.2 Å². The Hall–Kier alpha value is -3.08. The summed E-state index contributed by atoms with van der Waals surface area (Å²) in [5.41, 5.74) is 9.70. The molecule has 2 N–H and O–H groups in total. The summed E-state index contributed by atoms with van der Waals surface area (Å²) < 4.78 is 14.2. The van der Waals surface area contributed by atoms with Gasteiger partial charge in [0.2, 0.25) is 5.91 Å². The number of aromatic nitrogens is 3. The molecule has 294 valence electrons. The smallest absolute Gasteiger partial charge is 0.324 e. The SMILES string of the molecule is CCn1c(-c2cccnc2[C@H](C)OC)c2c3cc(ccc31)-c1csc(n1)C[C@H](NC(=O)C1CCC1)C(=O)N1CCC[C@H](N1)C(=O)OCC(C)(C)C2.S.S.S. The number of fused-ring (bicyclic) bond motifs is 6. The van der Waals surface area contributed by atoms with Crippen LogP contribution >= 0.6 is 51.8 Å². The van der Waals surface area contributed by atoms with E-state index >= 15 is 0 Å². The number of rotatable bonds is 6. The Morgan fingerprint density at radius 1 is 1.15 bits per heavy atom. The molecular formula is C39H54N6O5S4. The van der Waals surface area contributed by atoms with Crippen molar-refractivity contribution in [2.45, 2.75) is 97.4 Å². The molecule has 0 radical (unpaired) electrons. The summed E-state index contributed by atoms with van der Waals surface area (Å²) in [4.78, 5) is 50.5. The maximum Gasteiger partial charge on any atom is 0.324 e. The Labute approximate surface area is 342 Å². The van der Waals surface area contributed by atoms with Crippen molar-refractivity contribution >= 4 is 80.5 Å². The Kier molecular flexibility index (Phi) is 14.7. The van der Waals surface area contributed by atoms with Gasteiger partial charge in [-0.25, -0.2) is 10.4 Å². The monoisotopic (exact) mass is 814 g/mol. The number of amides is 2. The average Bonchev–Trinajstić information content (AvgIpc) is 3.70. The van der Waals surface area contributed by atoms with E-state index < -0.39 is 17.5 Å². The normalized spacial score (nSPS) is 20.6. The fourth-order valence-electron chi connectivity index (χ4n) is 7.52. The third kappa shape index (κ3) is 8.81. The number of ether oxygens (including phenoxy) is 2. The fraction of sp³-hybridized carbons (Fsp3) is 0.513. The van der Waals surface area contributed by atoms with Crippen molar-refractivity contribution < 1.29 is 23.9 Å². The molecule has 2 amide bonds. The molecule has 5 heterocycles. The van der Waals surface area contributed by atoms with Gasteiger partial charge in [-0.05, 0) is 75.8 Å². The predicted molar refractivity (Wildman–Crippen MR) is 228 cm³/mol. The quantitative estimate of drug-likeness (QED) is 0.216. The van der Waals surface area contributed by atoms with E-state index in [0.29, 0.717) is 25.8 Å². The second-order valence-corrected chi connectivity index (χ2v) is 15.8. The lowest BCUT2D eigenvalue weighted by atomic mass is 9.84. The third-order valence-electron chi connectivity index (χ3n) is 10.6. The molecule has 6 bridgehead atoms. The molecule has 1 aliphatic carbocycles. The molecule has 2 fully saturated rings. The van der Waals surface area contributed by atoms with Crippen molar-refractivity contribution in [2.75, 3.05) is 20.3 Å². The first-order valence-corrected chi connectivity index (χ1v) is 19.1. The van der Waals surface area contributed by atoms with Gasteiger partial charge in [-0.2, -0.15) is 40.5 Å². The average molecular weight is 815 g/mol. The van der Waals surface area contributed by atoms with E-state index in [1.807, 2.05) is 18.4 Å². The largest absolute Gasteiger partial charge is 0.464 e. The molecule has 1 saturated heterocycles. The van der Waals surface area contributed by atoms with Crippen LogP contribution in [0.1, 0.15) is 82.2 Å². The summed E-state index contributed by atoms with van der Waals surface area (Å²) in [6, 6.07) is 9.08. The topological polar surface area (TPSA) is 128 Å². The molecule has 1 aromatic carbocycles. The van der Waals surface area contributed by atoms with E-state index in [4.69, 9.17) is 19.4 Å². The summed E-state index contributed by atoms with van der Waals surface area (Å²) in [6.07, 6.45) is 6.36. The molecule has 0 spiro atoms. The molecule has 15 heteroatoms. The molecule has 54 heavy (non-hydrogen) atoms. The summed E-state index contributed by atoms with van der Waals surface area (Å²) in [7, 11) is 1.70. The van der Waals surface area contributed by atoms with Gasteiger partial charge in [0.25, 0.3) is 5.91 Å². The van der Waals surface area contributed by atoms with Crippen LogP contribution in [0.4, 0.5) is 0 Å². The summed E-state index contributed by atoms with van der Waals surface area (Å²) in [5.74, 6) is -0.821. The number of nitrogens with one attached hydrogen (secondary N) is 2. The Morgan fingerprint density at radius 2 is 1.93 bits per heavy atom. The van der Waals surface area contributed by atoms with Crippen LogP contribution in [0, 0.1) is 11.3 Å². The zero-order valence-electron chi connectivity index (χ0n) is 31.7. The number of thiazole rings is 1. The lowest BCUT2D eigenvalue weighted by Crippen LogP contribution is -2.61. The lowest BCUT2D eigenvalue weighted by molar-refractivity contribution is -0.155. The number of hydrogen-bond donors (Lipinski definition) is 2. The van der Waals surface area contributed by atoms with Crippen molar-refractivity contribution in [3.8, 4) is 22.5 Å². The molecule has 4 aromatic rings. The van der Waals surface area contributed by atoms with Gasteiger partial charge in [0.1, 0.15) is 12.1 Å². The molecule has 3 aromatic heterocycles. The Morgan fingerprint density at radius 3 is 2.63 bits per heavy atom. The van der Waals surface area contributed by atoms with E-state index in [9.17, 15) is 14.4 Å². The summed E-state index contributed by atoms with van der Waals surface area (Å²) in [6.45, 7) is 9.77.